The van der Waals surface area contributed by atoms with Crippen LogP contribution in [0.25, 0.3) is 0 Å². The Kier molecular flexibility index (Phi) is 38.7. The van der Waals surface area contributed by atoms with Gasteiger partial charge in [0, 0.05) is 42.3 Å². The summed E-state index contributed by atoms with van der Waals surface area (Å²) >= 11 is 0. The number of esters is 6. The fourth-order valence-corrected chi connectivity index (χ4v) is 9.76. The third-order valence-electron chi connectivity index (χ3n) is 17.2. The first-order valence-electron chi connectivity index (χ1n) is 33.3. The molecule has 1 saturated heterocycles. The van der Waals surface area contributed by atoms with Gasteiger partial charge in [-0.1, -0.05) is 119 Å². The van der Waals surface area contributed by atoms with E-state index >= 15 is 0 Å². The molecule has 1 rings (SSSR count). The highest BCUT2D eigenvalue weighted by atomic mass is 16.6. The van der Waals surface area contributed by atoms with Gasteiger partial charge < -0.3 is 57.8 Å². The number of ether oxygens (including phenoxy) is 6. The Morgan fingerprint density at radius 2 is 0.333 bits per heavy atom. The van der Waals surface area contributed by atoms with Gasteiger partial charge in [-0.3, -0.25) is 28.8 Å². The van der Waals surface area contributed by atoms with Crippen LogP contribution in [-0.2, 0) is 86.0 Å². The van der Waals surface area contributed by atoms with Crippen LogP contribution < -0.4 is 0 Å². The standard InChI is InChI=1S/C66H114N6O18/c1-19-25-31-37-49-55(73)67(13)44(8)62(80)86-51(39-33-27-21-3)57(75)69(15)46(10)64(82)88-53(41-35-29-23-5)59(77)71(17)48(12)66(84)90-54(42-36-30-24-6)60(78)72(18)47(11)65(83)89-52(40-34-28-22-4)58(76)70(16)45(9)63(81)87-50(38-32-26-20-2)56(74)68(14)43(7)61(79)85-49/h43-54H,19-42H2,1-18H3/t43-,44-,45-,46-,47-,48-,49+,50+,51+,52+,53+,54+/m1/s1. The van der Waals surface area contributed by atoms with E-state index in [4.69, 9.17) is 28.4 Å². The van der Waals surface area contributed by atoms with E-state index in [1.54, 1.807) is 0 Å². The number of unbranched alkanes of at least 4 members (excludes halogenated alkanes) is 12. The van der Waals surface area contributed by atoms with Gasteiger partial charge in [0.1, 0.15) is 36.3 Å². The van der Waals surface area contributed by atoms with Crippen molar-refractivity contribution in [2.24, 2.45) is 0 Å². The van der Waals surface area contributed by atoms with Crippen LogP contribution in [0.3, 0.4) is 0 Å². The van der Waals surface area contributed by atoms with Crippen LogP contribution in [0.15, 0.2) is 0 Å². The van der Waals surface area contributed by atoms with Gasteiger partial charge in [0.05, 0.1) is 0 Å². The number of carbonyl (C=O) groups excluding carboxylic acids is 12. The first-order chi connectivity index (χ1) is 42.4. The summed E-state index contributed by atoms with van der Waals surface area (Å²) in [6.45, 7) is 20.0. The zero-order chi connectivity index (χ0) is 68.5. The molecule has 24 heteroatoms. The Balaban J connectivity index is 4.12. The van der Waals surface area contributed by atoms with E-state index in [0.29, 0.717) is 77.0 Å². The van der Waals surface area contributed by atoms with Crippen LogP contribution in [0.4, 0.5) is 0 Å². The lowest BCUT2D eigenvalue weighted by Gasteiger charge is -2.33. The van der Waals surface area contributed by atoms with Crippen LogP contribution in [0.1, 0.15) is 237 Å². The van der Waals surface area contributed by atoms with Gasteiger partial charge in [-0.25, -0.2) is 28.8 Å². The summed E-state index contributed by atoms with van der Waals surface area (Å²) in [4.78, 5) is 177. The van der Waals surface area contributed by atoms with Crippen molar-refractivity contribution in [1.82, 2.24) is 29.4 Å². The summed E-state index contributed by atoms with van der Waals surface area (Å²) in [6, 6.07) is -8.01. The van der Waals surface area contributed by atoms with E-state index < -0.39 is 144 Å². The second-order valence-corrected chi connectivity index (χ2v) is 24.3. The minimum atomic E-state index is -1.43. The molecule has 0 radical (unpaired) electrons. The van der Waals surface area contributed by atoms with Crippen LogP contribution >= 0.6 is 0 Å². The molecule has 1 aliphatic rings. The number of rotatable bonds is 24. The maximum atomic E-state index is 14.4. The van der Waals surface area contributed by atoms with Crippen molar-refractivity contribution in [3.63, 3.8) is 0 Å². The second kappa shape index (κ2) is 42.7. The molecule has 0 saturated carbocycles. The van der Waals surface area contributed by atoms with Crippen LogP contribution in [0.2, 0.25) is 0 Å². The molecule has 1 aliphatic heterocycles. The highest BCUT2D eigenvalue weighted by Crippen LogP contribution is 2.23. The van der Waals surface area contributed by atoms with E-state index in [-0.39, 0.29) is 38.5 Å². The molecule has 12 atom stereocenters. The van der Waals surface area contributed by atoms with E-state index in [0.717, 1.165) is 67.9 Å². The van der Waals surface area contributed by atoms with Crippen molar-refractivity contribution >= 4 is 71.3 Å². The molecule has 0 spiro atoms. The van der Waals surface area contributed by atoms with E-state index in [1.807, 2.05) is 41.5 Å². The van der Waals surface area contributed by atoms with Gasteiger partial charge in [0.25, 0.3) is 35.4 Å². The Labute approximate surface area is 537 Å². The molecule has 1 fully saturated rings. The largest absolute Gasteiger partial charge is 0.451 e. The lowest BCUT2D eigenvalue weighted by atomic mass is 10.1. The monoisotopic (exact) mass is 1280 g/mol. The normalized spacial score (nSPS) is 26.7. The molecule has 516 valence electrons. The third-order valence-corrected chi connectivity index (χ3v) is 17.2. The van der Waals surface area contributed by atoms with Gasteiger partial charge in [-0.05, 0) is 119 Å². The second-order valence-electron chi connectivity index (χ2n) is 24.3. The van der Waals surface area contributed by atoms with Crippen molar-refractivity contribution in [1.29, 1.82) is 0 Å². The van der Waals surface area contributed by atoms with Crippen LogP contribution in [0.5, 0.6) is 0 Å². The average Bonchev–Trinajstić information content (AvgIpc) is 1.25. The maximum absolute atomic E-state index is 14.4. The lowest BCUT2D eigenvalue weighted by molar-refractivity contribution is -0.176. The minimum Gasteiger partial charge on any atom is -0.451 e. The summed E-state index contributed by atoms with van der Waals surface area (Å²) in [6.07, 6.45) is 2.82. The molecule has 24 nitrogen and oxygen atoms in total. The zero-order valence-electron chi connectivity index (χ0n) is 57.9. The van der Waals surface area contributed by atoms with Crippen molar-refractivity contribution in [2.75, 3.05) is 42.3 Å². The Bertz CT molecular complexity index is 1920. The first kappa shape index (κ1) is 81.7. The molecule has 0 N–H and O–H groups in total. The smallest absolute Gasteiger partial charge is 0.329 e. The van der Waals surface area contributed by atoms with E-state index in [2.05, 4.69) is 0 Å². The Hall–Kier alpha value is -6.36. The molecule has 0 unspecified atom stereocenters. The molecule has 90 heavy (non-hydrogen) atoms. The number of cyclic esters (lactones) is 6. The number of carbonyl (C=O) groups is 12. The highest BCUT2D eigenvalue weighted by molar-refractivity contribution is 5.95. The third kappa shape index (κ3) is 25.7. The molecule has 6 amide bonds. The Morgan fingerprint density at radius 1 is 0.222 bits per heavy atom. The fourth-order valence-electron chi connectivity index (χ4n) is 9.76. The summed E-state index contributed by atoms with van der Waals surface area (Å²) in [5.41, 5.74) is 0. The molecule has 0 aromatic rings. The van der Waals surface area contributed by atoms with Crippen LogP contribution in [-0.4, -0.2) is 216 Å². The van der Waals surface area contributed by atoms with Crippen LogP contribution in [0, 0.1) is 0 Å². The molecular weight excluding hydrogens is 1160 g/mol. The topological polar surface area (TPSA) is 280 Å². The quantitative estimate of drug-likeness (QED) is 0.0502. The number of amides is 6. The summed E-state index contributed by atoms with van der Waals surface area (Å²) in [7, 11) is 7.97. The molecule has 0 aromatic carbocycles. The predicted molar refractivity (Wildman–Crippen MR) is 338 cm³/mol. The van der Waals surface area contributed by atoms with Gasteiger partial charge in [-0.2, -0.15) is 0 Å². The zero-order valence-corrected chi connectivity index (χ0v) is 57.9. The molecule has 0 aromatic heterocycles. The minimum absolute atomic E-state index is 0.0497. The fraction of sp³-hybridized carbons (Fsp3) is 0.818. The lowest BCUT2D eigenvalue weighted by Crippen LogP contribution is -2.53. The highest BCUT2D eigenvalue weighted by Gasteiger charge is 2.42. The first-order valence-corrected chi connectivity index (χ1v) is 33.3. The van der Waals surface area contributed by atoms with Gasteiger partial charge in [0.2, 0.25) is 0 Å². The van der Waals surface area contributed by atoms with Gasteiger partial charge in [0.15, 0.2) is 36.6 Å². The SMILES string of the molecule is CCCCC[C@@H]1OC(=O)[C@@H](C)N(C)C(=O)[C@H](CCCCC)OC(=O)[C@@H](C)N(C)C(=O)[C@H](CCCCC)OC(=O)[C@@H](C)N(C)C(=O)[C@H](CCCCC)OC(=O)[C@@H](C)N(C)C(=O)[C@H](CCCCC)OC(=O)[C@@H](C)N(C)C(=O)[C@H](CCCCC)OC(=O)[C@@H](C)N(C)C1=O. The summed E-state index contributed by atoms with van der Waals surface area (Å²) in [5, 5.41) is 0. The van der Waals surface area contributed by atoms with E-state index in [9.17, 15) is 57.5 Å². The van der Waals surface area contributed by atoms with Gasteiger partial charge >= 0.3 is 35.8 Å². The summed E-state index contributed by atoms with van der Waals surface area (Å²) in [5.74, 6) is -10.4. The summed E-state index contributed by atoms with van der Waals surface area (Å²) < 4.78 is 35.3. The maximum Gasteiger partial charge on any atom is 0.329 e. The van der Waals surface area contributed by atoms with Crippen molar-refractivity contribution < 1.29 is 86.0 Å². The number of likely N-dealkylation sites (N-methyl/N-ethyl adjacent to an activating group) is 6. The predicted octanol–water partition coefficient (Wildman–Crippen LogP) is 8.03. The molecular formula is C66H114N6O18. The molecule has 1 heterocycles. The average molecular weight is 1280 g/mol. The van der Waals surface area contributed by atoms with Crippen molar-refractivity contribution in [2.45, 2.75) is 310 Å². The molecule has 0 bridgehead atoms. The van der Waals surface area contributed by atoms with Crippen molar-refractivity contribution in [3.8, 4) is 0 Å². The number of nitrogens with zero attached hydrogens (tertiary/aromatic N) is 6. The molecule has 0 aliphatic carbocycles. The number of hydrogen-bond donors (Lipinski definition) is 0. The number of hydrogen-bond acceptors (Lipinski definition) is 18. The Morgan fingerprint density at radius 3 is 0.433 bits per heavy atom. The van der Waals surface area contributed by atoms with Gasteiger partial charge in [-0.15, -0.1) is 0 Å². The van der Waals surface area contributed by atoms with E-state index in [1.165, 1.54) is 83.8 Å². The van der Waals surface area contributed by atoms with Crippen molar-refractivity contribution in [3.05, 3.63) is 0 Å².